The van der Waals surface area contributed by atoms with E-state index < -0.39 is 0 Å². The maximum Gasteiger partial charge on any atom is 0.214 e. The molecule has 1 aromatic heterocycles. The highest BCUT2D eigenvalue weighted by Gasteiger charge is 2.06. The fourth-order valence-corrected chi connectivity index (χ4v) is 2.33. The molecule has 1 heterocycles. The number of rotatable bonds is 5. The number of hydrogen-bond donors (Lipinski definition) is 1. The van der Waals surface area contributed by atoms with Crippen molar-refractivity contribution < 1.29 is 9.84 Å². The summed E-state index contributed by atoms with van der Waals surface area (Å²) in [6.45, 7) is 2.47. The molecule has 0 bridgehead atoms. The van der Waals surface area contributed by atoms with Crippen molar-refractivity contribution in [2.24, 2.45) is 0 Å². The molecule has 3 heteroatoms. The molecule has 0 spiro atoms. The molecule has 0 saturated carbocycles. The monoisotopic (exact) mass is 305 g/mol. The molecule has 0 aliphatic carbocycles. The van der Waals surface area contributed by atoms with E-state index in [9.17, 15) is 5.11 Å². The third-order valence-corrected chi connectivity index (χ3v) is 3.62. The number of pyridine rings is 1. The van der Waals surface area contributed by atoms with E-state index in [2.05, 4.69) is 11.9 Å². The quantitative estimate of drug-likeness (QED) is 0.770. The third-order valence-electron chi connectivity index (χ3n) is 3.62. The molecule has 3 nitrogen and oxygen atoms in total. The lowest BCUT2D eigenvalue weighted by Gasteiger charge is -2.10. The number of aromatic nitrogens is 1. The maximum atomic E-state index is 9.48. The minimum absolute atomic E-state index is 0.0386. The van der Waals surface area contributed by atoms with E-state index >= 15 is 0 Å². The van der Waals surface area contributed by atoms with Crippen LogP contribution in [0.4, 0.5) is 0 Å². The molecule has 0 fully saturated rings. The van der Waals surface area contributed by atoms with E-state index in [1.165, 1.54) is 5.56 Å². The molecule has 1 N–H and O–H groups in total. The number of hydrogen-bond acceptors (Lipinski definition) is 3. The van der Waals surface area contributed by atoms with Crippen LogP contribution in [0.25, 0.3) is 11.3 Å². The summed E-state index contributed by atoms with van der Waals surface area (Å²) in [6.07, 6.45) is 0. The molecule has 0 atom stereocenters. The lowest BCUT2D eigenvalue weighted by Crippen LogP contribution is -1.99. The van der Waals surface area contributed by atoms with Gasteiger partial charge in [0.25, 0.3) is 0 Å². The van der Waals surface area contributed by atoms with Crippen molar-refractivity contribution in [1.82, 2.24) is 4.98 Å². The van der Waals surface area contributed by atoms with Crippen LogP contribution in [-0.2, 0) is 13.2 Å². The van der Waals surface area contributed by atoms with Crippen molar-refractivity contribution >= 4 is 0 Å². The number of aliphatic hydroxyl groups excluding tert-OH is 1. The predicted molar refractivity (Wildman–Crippen MR) is 91.1 cm³/mol. The third kappa shape index (κ3) is 3.96. The Morgan fingerprint density at radius 1 is 0.913 bits per heavy atom. The molecule has 0 saturated heterocycles. The van der Waals surface area contributed by atoms with E-state index in [1.807, 2.05) is 60.7 Å². The van der Waals surface area contributed by atoms with Gasteiger partial charge in [-0.2, -0.15) is 0 Å². The van der Waals surface area contributed by atoms with Gasteiger partial charge in [-0.1, -0.05) is 60.2 Å². The van der Waals surface area contributed by atoms with Crippen molar-refractivity contribution in [3.63, 3.8) is 0 Å². The standard InChI is InChI=1S/C20H19NO2/c1-15-7-9-18(10-8-15)19-11-17(13-22)12-20(21-19)23-14-16-5-3-2-4-6-16/h2-12,22H,13-14H2,1H3. The Bertz CT molecular complexity index is 767. The van der Waals surface area contributed by atoms with Gasteiger partial charge in [0.05, 0.1) is 12.3 Å². The Kier molecular flexibility index (Phi) is 4.69. The molecular formula is C20H19NO2. The Morgan fingerprint density at radius 2 is 1.65 bits per heavy atom. The Labute approximate surface area is 136 Å². The number of aryl methyl sites for hydroxylation is 1. The second-order valence-corrected chi connectivity index (χ2v) is 5.50. The average molecular weight is 305 g/mol. The highest BCUT2D eigenvalue weighted by Crippen LogP contribution is 2.23. The van der Waals surface area contributed by atoms with Gasteiger partial charge >= 0.3 is 0 Å². The molecule has 0 amide bonds. The summed E-state index contributed by atoms with van der Waals surface area (Å²) in [5.41, 5.74) is 4.89. The van der Waals surface area contributed by atoms with Crippen molar-refractivity contribution in [3.05, 3.63) is 83.4 Å². The van der Waals surface area contributed by atoms with Gasteiger partial charge in [-0.3, -0.25) is 0 Å². The molecular weight excluding hydrogens is 286 g/mol. The largest absolute Gasteiger partial charge is 0.473 e. The van der Waals surface area contributed by atoms with Crippen molar-refractivity contribution in [2.75, 3.05) is 0 Å². The van der Waals surface area contributed by atoms with Crippen LogP contribution in [0.1, 0.15) is 16.7 Å². The second-order valence-electron chi connectivity index (χ2n) is 5.50. The zero-order valence-corrected chi connectivity index (χ0v) is 13.1. The van der Waals surface area contributed by atoms with Gasteiger partial charge < -0.3 is 9.84 Å². The average Bonchev–Trinajstić information content (AvgIpc) is 2.61. The smallest absolute Gasteiger partial charge is 0.214 e. The lowest BCUT2D eigenvalue weighted by atomic mass is 10.1. The van der Waals surface area contributed by atoms with Gasteiger partial charge in [-0.15, -0.1) is 0 Å². The summed E-state index contributed by atoms with van der Waals surface area (Å²) in [4.78, 5) is 4.56. The molecule has 0 aliphatic rings. The Morgan fingerprint density at radius 3 is 2.35 bits per heavy atom. The molecule has 3 aromatic rings. The van der Waals surface area contributed by atoms with Crippen molar-refractivity contribution in [1.29, 1.82) is 0 Å². The van der Waals surface area contributed by atoms with Gasteiger partial charge in [-0.05, 0) is 24.1 Å². The maximum absolute atomic E-state index is 9.48. The van der Waals surface area contributed by atoms with E-state index in [0.29, 0.717) is 12.5 Å². The molecule has 0 unspecified atom stereocenters. The van der Waals surface area contributed by atoms with E-state index in [0.717, 1.165) is 22.4 Å². The van der Waals surface area contributed by atoms with Crippen LogP contribution >= 0.6 is 0 Å². The lowest BCUT2D eigenvalue weighted by molar-refractivity contribution is 0.275. The Balaban J connectivity index is 1.85. The SMILES string of the molecule is Cc1ccc(-c2cc(CO)cc(OCc3ccccc3)n2)cc1. The van der Waals surface area contributed by atoms with E-state index in [1.54, 1.807) is 6.07 Å². The summed E-state index contributed by atoms with van der Waals surface area (Å²) in [6, 6.07) is 21.8. The number of nitrogens with zero attached hydrogens (tertiary/aromatic N) is 1. The van der Waals surface area contributed by atoms with Crippen LogP contribution in [-0.4, -0.2) is 10.1 Å². The van der Waals surface area contributed by atoms with Crippen LogP contribution in [0.2, 0.25) is 0 Å². The predicted octanol–water partition coefficient (Wildman–Crippen LogP) is 4.13. The molecule has 2 aromatic carbocycles. The van der Waals surface area contributed by atoms with Crippen molar-refractivity contribution in [2.45, 2.75) is 20.1 Å². The van der Waals surface area contributed by atoms with Crippen LogP contribution < -0.4 is 4.74 Å². The summed E-state index contributed by atoms with van der Waals surface area (Å²) >= 11 is 0. The zero-order chi connectivity index (χ0) is 16.1. The van der Waals surface area contributed by atoms with Crippen molar-refractivity contribution in [3.8, 4) is 17.1 Å². The number of aliphatic hydroxyl groups is 1. The van der Waals surface area contributed by atoms with Gasteiger partial charge in [-0.25, -0.2) is 4.98 Å². The highest BCUT2D eigenvalue weighted by atomic mass is 16.5. The topological polar surface area (TPSA) is 42.4 Å². The zero-order valence-electron chi connectivity index (χ0n) is 13.1. The molecule has 3 rings (SSSR count). The van der Waals surface area contributed by atoms with Crippen LogP contribution in [0.3, 0.4) is 0 Å². The van der Waals surface area contributed by atoms with Gasteiger partial charge in [0.2, 0.25) is 5.88 Å². The molecule has 0 radical (unpaired) electrons. The van der Waals surface area contributed by atoms with Gasteiger partial charge in [0, 0.05) is 11.6 Å². The fraction of sp³-hybridized carbons (Fsp3) is 0.150. The summed E-state index contributed by atoms with van der Waals surface area (Å²) in [5.74, 6) is 0.524. The normalized spacial score (nSPS) is 10.5. The van der Waals surface area contributed by atoms with E-state index in [4.69, 9.17) is 4.74 Å². The molecule has 0 aliphatic heterocycles. The number of benzene rings is 2. The molecule has 116 valence electrons. The van der Waals surface area contributed by atoms with Gasteiger partial charge in [0.15, 0.2) is 0 Å². The number of ether oxygens (including phenoxy) is 1. The van der Waals surface area contributed by atoms with Crippen LogP contribution in [0, 0.1) is 6.92 Å². The minimum atomic E-state index is -0.0386. The van der Waals surface area contributed by atoms with Crippen LogP contribution in [0.5, 0.6) is 5.88 Å². The summed E-state index contributed by atoms with van der Waals surface area (Å²) < 4.78 is 5.80. The highest BCUT2D eigenvalue weighted by molar-refractivity contribution is 5.61. The van der Waals surface area contributed by atoms with Gasteiger partial charge in [0.1, 0.15) is 6.61 Å². The summed E-state index contributed by atoms with van der Waals surface area (Å²) in [7, 11) is 0. The minimum Gasteiger partial charge on any atom is -0.473 e. The first-order chi connectivity index (χ1) is 11.2. The Hall–Kier alpha value is -2.65. The first-order valence-electron chi connectivity index (χ1n) is 7.60. The first-order valence-corrected chi connectivity index (χ1v) is 7.60. The summed E-state index contributed by atoms with van der Waals surface area (Å²) in [5, 5.41) is 9.48. The fourth-order valence-electron chi connectivity index (χ4n) is 2.33. The van der Waals surface area contributed by atoms with Crippen LogP contribution in [0.15, 0.2) is 66.7 Å². The van der Waals surface area contributed by atoms with E-state index in [-0.39, 0.29) is 6.61 Å². The first kappa shape index (κ1) is 15.3. The molecule has 23 heavy (non-hydrogen) atoms. The second kappa shape index (κ2) is 7.07.